The number of aryl methyl sites for hydroxylation is 1. The van der Waals surface area contributed by atoms with Gasteiger partial charge >= 0.3 is 0 Å². The Morgan fingerprint density at radius 1 is 1.40 bits per heavy atom. The van der Waals surface area contributed by atoms with Crippen LogP contribution < -0.4 is 4.74 Å². The fourth-order valence-corrected chi connectivity index (χ4v) is 2.42. The van der Waals surface area contributed by atoms with Gasteiger partial charge in [0.25, 0.3) is 0 Å². The van der Waals surface area contributed by atoms with Crippen molar-refractivity contribution in [2.24, 2.45) is 5.92 Å². The van der Waals surface area contributed by atoms with Gasteiger partial charge in [-0.1, -0.05) is 18.2 Å². The predicted octanol–water partition coefficient (Wildman–Crippen LogP) is 3.41. The molecule has 1 aromatic carbocycles. The summed E-state index contributed by atoms with van der Waals surface area (Å²) in [6.07, 6.45) is 3.89. The highest BCUT2D eigenvalue weighted by Crippen LogP contribution is 2.34. The van der Waals surface area contributed by atoms with Gasteiger partial charge in [-0.3, -0.25) is 4.79 Å². The van der Waals surface area contributed by atoms with Gasteiger partial charge < -0.3 is 9.64 Å². The van der Waals surface area contributed by atoms with E-state index in [1.54, 1.807) is 0 Å². The van der Waals surface area contributed by atoms with Gasteiger partial charge in [-0.05, 0) is 50.7 Å². The third-order valence-electron chi connectivity index (χ3n) is 4.19. The van der Waals surface area contributed by atoms with E-state index in [2.05, 4.69) is 6.92 Å². The Kier molecular flexibility index (Phi) is 5.05. The molecule has 1 amide bonds. The lowest BCUT2D eigenvalue weighted by atomic mass is 10.1. The maximum Gasteiger partial charge on any atom is 0.222 e. The Bertz CT molecular complexity index is 454. The molecule has 1 saturated carbocycles. The summed E-state index contributed by atoms with van der Waals surface area (Å²) in [5.74, 6) is 1.88. The summed E-state index contributed by atoms with van der Waals surface area (Å²) in [5, 5.41) is 0. The van der Waals surface area contributed by atoms with Gasteiger partial charge in [-0.2, -0.15) is 0 Å². The van der Waals surface area contributed by atoms with Gasteiger partial charge in [0, 0.05) is 19.5 Å². The van der Waals surface area contributed by atoms with Crippen LogP contribution in [0.2, 0.25) is 0 Å². The Labute approximate surface area is 121 Å². The molecule has 0 radical (unpaired) electrons. The second-order valence-electron chi connectivity index (χ2n) is 5.80. The average Bonchev–Trinajstić information content (AvgIpc) is 3.28. The Balaban J connectivity index is 1.67. The normalized spacial score (nSPS) is 15.8. The van der Waals surface area contributed by atoms with Crippen molar-refractivity contribution >= 4 is 5.91 Å². The number of carbonyl (C=O) groups is 1. The largest absolute Gasteiger partial charge is 0.493 e. The number of rotatable bonds is 7. The summed E-state index contributed by atoms with van der Waals surface area (Å²) in [5.41, 5.74) is 1.14. The van der Waals surface area contributed by atoms with Gasteiger partial charge in [0.1, 0.15) is 5.75 Å². The molecule has 0 spiro atoms. The van der Waals surface area contributed by atoms with E-state index >= 15 is 0 Å². The molecule has 3 nitrogen and oxygen atoms in total. The number of ether oxygens (including phenoxy) is 1. The molecule has 1 atom stereocenters. The van der Waals surface area contributed by atoms with E-state index in [1.807, 2.05) is 43.1 Å². The van der Waals surface area contributed by atoms with E-state index in [1.165, 1.54) is 12.8 Å². The zero-order valence-corrected chi connectivity index (χ0v) is 12.8. The molecule has 2 rings (SSSR count). The number of hydrogen-bond acceptors (Lipinski definition) is 2. The lowest BCUT2D eigenvalue weighted by Gasteiger charge is -2.25. The van der Waals surface area contributed by atoms with E-state index in [4.69, 9.17) is 4.74 Å². The van der Waals surface area contributed by atoms with Crippen LogP contribution in [0.25, 0.3) is 0 Å². The monoisotopic (exact) mass is 275 g/mol. The van der Waals surface area contributed by atoms with Crippen molar-refractivity contribution in [3.63, 3.8) is 0 Å². The number of nitrogens with zero attached hydrogens (tertiary/aromatic N) is 1. The van der Waals surface area contributed by atoms with Crippen LogP contribution in [-0.4, -0.2) is 30.5 Å². The predicted molar refractivity (Wildman–Crippen MR) is 80.9 cm³/mol. The van der Waals surface area contributed by atoms with Crippen LogP contribution in [0.5, 0.6) is 5.75 Å². The fraction of sp³-hybridized carbons (Fsp3) is 0.588. The quantitative estimate of drug-likeness (QED) is 0.714. The van der Waals surface area contributed by atoms with E-state index in [9.17, 15) is 4.79 Å². The lowest BCUT2D eigenvalue weighted by molar-refractivity contribution is -0.132. The third-order valence-corrected chi connectivity index (χ3v) is 4.19. The summed E-state index contributed by atoms with van der Waals surface area (Å²) < 4.78 is 5.72. The molecule has 0 saturated heterocycles. The van der Waals surface area contributed by atoms with Crippen LogP contribution in [0.3, 0.4) is 0 Å². The average molecular weight is 275 g/mol. The number of carbonyl (C=O) groups excluding carboxylic acids is 1. The molecule has 1 aliphatic rings. The first-order valence-corrected chi connectivity index (χ1v) is 7.53. The molecule has 0 bridgehead atoms. The standard InChI is InChI=1S/C17H25NO2/c1-13-7-4-5-8-16(13)20-12-6-9-17(19)18(3)14(2)15-10-11-15/h4-5,7-8,14-15H,6,9-12H2,1-3H3. The number of amides is 1. The molecule has 1 aliphatic carbocycles. The van der Waals surface area contributed by atoms with E-state index in [-0.39, 0.29) is 5.91 Å². The zero-order chi connectivity index (χ0) is 14.5. The Hall–Kier alpha value is -1.51. The van der Waals surface area contributed by atoms with Crippen molar-refractivity contribution in [3.05, 3.63) is 29.8 Å². The number of hydrogen-bond donors (Lipinski definition) is 0. The topological polar surface area (TPSA) is 29.5 Å². The van der Waals surface area contributed by atoms with Gasteiger partial charge in [0.05, 0.1) is 6.61 Å². The molecule has 0 heterocycles. The lowest BCUT2D eigenvalue weighted by Crippen LogP contribution is -2.36. The smallest absolute Gasteiger partial charge is 0.222 e. The minimum atomic E-state index is 0.234. The van der Waals surface area contributed by atoms with Gasteiger partial charge in [-0.25, -0.2) is 0 Å². The molecular weight excluding hydrogens is 250 g/mol. The first-order chi connectivity index (χ1) is 9.59. The Morgan fingerprint density at radius 2 is 2.10 bits per heavy atom. The molecule has 0 aromatic heterocycles. The molecule has 110 valence electrons. The molecule has 20 heavy (non-hydrogen) atoms. The minimum absolute atomic E-state index is 0.234. The van der Waals surface area contributed by atoms with Crippen molar-refractivity contribution < 1.29 is 9.53 Å². The molecule has 1 fully saturated rings. The number of benzene rings is 1. The minimum Gasteiger partial charge on any atom is -0.493 e. The third kappa shape index (κ3) is 3.99. The highest BCUT2D eigenvalue weighted by Gasteiger charge is 2.32. The highest BCUT2D eigenvalue weighted by atomic mass is 16.5. The van der Waals surface area contributed by atoms with Crippen LogP contribution in [-0.2, 0) is 4.79 Å². The van der Waals surface area contributed by atoms with Gasteiger partial charge in [-0.15, -0.1) is 0 Å². The zero-order valence-electron chi connectivity index (χ0n) is 12.8. The highest BCUT2D eigenvalue weighted by molar-refractivity contribution is 5.76. The van der Waals surface area contributed by atoms with Gasteiger partial charge in [0.15, 0.2) is 0 Å². The van der Waals surface area contributed by atoms with Gasteiger partial charge in [0.2, 0.25) is 5.91 Å². The van der Waals surface area contributed by atoms with Crippen LogP contribution in [0.4, 0.5) is 0 Å². The molecular formula is C17H25NO2. The summed E-state index contributed by atoms with van der Waals surface area (Å²) in [6, 6.07) is 8.36. The van der Waals surface area contributed by atoms with E-state index in [0.717, 1.165) is 23.7 Å². The first kappa shape index (κ1) is 14.9. The van der Waals surface area contributed by atoms with Crippen LogP contribution in [0, 0.1) is 12.8 Å². The summed E-state index contributed by atoms with van der Waals surface area (Å²) in [6.45, 7) is 4.78. The van der Waals surface area contributed by atoms with Crippen molar-refractivity contribution in [1.29, 1.82) is 0 Å². The summed E-state index contributed by atoms with van der Waals surface area (Å²) in [7, 11) is 1.92. The molecule has 3 heteroatoms. The molecule has 0 N–H and O–H groups in total. The van der Waals surface area contributed by atoms with E-state index < -0.39 is 0 Å². The van der Waals surface area contributed by atoms with Crippen LogP contribution >= 0.6 is 0 Å². The second-order valence-corrected chi connectivity index (χ2v) is 5.80. The Morgan fingerprint density at radius 3 is 2.75 bits per heavy atom. The van der Waals surface area contributed by atoms with Crippen molar-refractivity contribution in [3.8, 4) is 5.75 Å². The van der Waals surface area contributed by atoms with Crippen LogP contribution in [0.1, 0.15) is 38.2 Å². The second kappa shape index (κ2) is 6.78. The molecule has 1 unspecified atom stereocenters. The van der Waals surface area contributed by atoms with Crippen LogP contribution in [0.15, 0.2) is 24.3 Å². The fourth-order valence-electron chi connectivity index (χ4n) is 2.42. The molecule has 1 aromatic rings. The summed E-state index contributed by atoms with van der Waals surface area (Å²) >= 11 is 0. The van der Waals surface area contributed by atoms with Crippen molar-refractivity contribution in [2.75, 3.05) is 13.7 Å². The maximum absolute atomic E-state index is 12.1. The number of para-hydroxylation sites is 1. The SMILES string of the molecule is Cc1ccccc1OCCCC(=O)N(C)C(C)C1CC1. The first-order valence-electron chi connectivity index (χ1n) is 7.53. The maximum atomic E-state index is 12.1. The molecule has 0 aliphatic heterocycles. The van der Waals surface area contributed by atoms with Crippen molar-refractivity contribution in [2.45, 2.75) is 45.6 Å². The summed E-state index contributed by atoms with van der Waals surface area (Å²) in [4.78, 5) is 14.0. The van der Waals surface area contributed by atoms with Crippen molar-refractivity contribution in [1.82, 2.24) is 4.90 Å². The van der Waals surface area contributed by atoms with E-state index in [0.29, 0.717) is 19.1 Å².